The smallest absolute Gasteiger partial charge is 0.252 e. The van der Waals surface area contributed by atoms with E-state index in [-0.39, 0.29) is 27.8 Å². The average molecular weight is 495 g/mol. The molecule has 8 heteroatoms. The number of halogens is 1. The Morgan fingerprint density at radius 1 is 1.13 bits per heavy atom. The molecule has 2 aromatic carbocycles. The molecule has 162 valence electrons. The number of carbonyl (C=O) groups excluding carboxylic acids is 1. The molecular formula is C22H27BrN2O4S. The molecule has 30 heavy (non-hydrogen) atoms. The summed E-state index contributed by atoms with van der Waals surface area (Å²) >= 11 is 3.32. The van der Waals surface area contributed by atoms with Crippen LogP contribution < -0.4 is 14.8 Å². The second-order valence-corrected chi connectivity index (χ2v) is 11.0. The van der Waals surface area contributed by atoms with Gasteiger partial charge in [-0.2, -0.15) is 0 Å². The second-order valence-electron chi connectivity index (χ2n) is 8.42. The van der Waals surface area contributed by atoms with Crippen molar-refractivity contribution in [1.29, 1.82) is 0 Å². The van der Waals surface area contributed by atoms with Crippen LogP contribution in [0.3, 0.4) is 0 Å². The molecule has 0 saturated heterocycles. The number of benzene rings is 2. The van der Waals surface area contributed by atoms with Gasteiger partial charge in [0.05, 0.1) is 17.0 Å². The van der Waals surface area contributed by atoms with Crippen molar-refractivity contribution < 1.29 is 17.9 Å². The van der Waals surface area contributed by atoms with Crippen LogP contribution >= 0.6 is 15.9 Å². The number of nitrogens with one attached hydrogen (secondary N) is 2. The van der Waals surface area contributed by atoms with Crippen molar-refractivity contribution in [2.45, 2.75) is 50.0 Å². The van der Waals surface area contributed by atoms with Crippen LogP contribution in [0.15, 0.2) is 51.8 Å². The predicted molar refractivity (Wildman–Crippen MR) is 120 cm³/mol. The van der Waals surface area contributed by atoms with Gasteiger partial charge in [-0.3, -0.25) is 4.79 Å². The minimum atomic E-state index is -3.62. The first-order valence-corrected chi connectivity index (χ1v) is 12.2. The molecule has 1 aliphatic rings. The van der Waals surface area contributed by atoms with E-state index in [1.807, 2.05) is 24.3 Å². The van der Waals surface area contributed by atoms with Crippen LogP contribution in [0.2, 0.25) is 0 Å². The fourth-order valence-corrected chi connectivity index (χ4v) is 4.57. The highest BCUT2D eigenvalue weighted by Crippen LogP contribution is 2.26. The van der Waals surface area contributed by atoms with E-state index in [9.17, 15) is 13.2 Å². The van der Waals surface area contributed by atoms with Crippen LogP contribution in [0.1, 0.15) is 49.5 Å². The van der Waals surface area contributed by atoms with Gasteiger partial charge >= 0.3 is 0 Å². The fourth-order valence-electron chi connectivity index (χ4n) is 2.81. The van der Waals surface area contributed by atoms with Gasteiger partial charge in [-0.05, 0) is 70.1 Å². The number of hydrogen-bond acceptors (Lipinski definition) is 4. The molecular weight excluding hydrogens is 468 g/mol. The standard InChI is InChI=1S/C22H27BrN2O4S/c1-22(2,3)15-4-8-17(9-5-15)29-13-12-24-21(26)19-14-18(10-11-20(19)23)30(27,28)25-16-6-7-16/h4-5,8-11,14,16,25H,6-7,12-13H2,1-3H3,(H,24,26). The number of carbonyl (C=O) groups is 1. The molecule has 2 N–H and O–H groups in total. The first kappa shape index (κ1) is 22.8. The monoisotopic (exact) mass is 494 g/mol. The van der Waals surface area contributed by atoms with Crippen molar-refractivity contribution in [3.63, 3.8) is 0 Å². The molecule has 0 aliphatic heterocycles. The van der Waals surface area contributed by atoms with E-state index in [2.05, 4.69) is 46.7 Å². The van der Waals surface area contributed by atoms with Gasteiger partial charge in [-0.1, -0.05) is 32.9 Å². The molecule has 2 aromatic rings. The van der Waals surface area contributed by atoms with Gasteiger partial charge in [0, 0.05) is 10.5 Å². The summed E-state index contributed by atoms with van der Waals surface area (Å²) in [6.07, 6.45) is 1.70. The Bertz CT molecular complexity index is 1010. The Morgan fingerprint density at radius 3 is 2.40 bits per heavy atom. The lowest BCUT2D eigenvalue weighted by molar-refractivity contribution is 0.0946. The van der Waals surface area contributed by atoms with Crippen LogP contribution in [0.5, 0.6) is 5.75 Å². The number of ether oxygens (including phenoxy) is 1. The third-order valence-corrected chi connectivity index (χ3v) is 6.98. The van der Waals surface area contributed by atoms with Crippen LogP contribution in [0.25, 0.3) is 0 Å². The maximum atomic E-state index is 12.5. The molecule has 1 fully saturated rings. The fraction of sp³-hybridized carbons (Fsp3) is 0.409. The first-order valence-electron chi connectivity index (χ1n) is 9.90. The minimum absolute atomic E-state index is 0.00513. The van der Waals surface area contributed by atoms with Crippen LogP contribution in [-0.4, -0.2) is 33.5 Å². The zero-order valence-corrected chi connectivity index (χ0v) is 19.8. The third kappa shape index (κ3) is 6.06. The Hall–Kier alpha value is -1.90. The van der Waals surface area contributed by atoms with E-state index in [1.54, 1.807) is 6.07 Å². The van der Waals surface area contributed by atoms with Crippen molar-refractivity contribution in [3.05, 3.63) is 58.1 Å². The summed E-state index contributed by atoms with van der Waals surface area (Å²) in [6, 6.07) is 12.3. The average Bonchev–Trinajstić information content (AvgIpc) is 3.48. The van der Waals surface area contributed by atoms with Crippen molar-refractivity contribution in [2.75, 3.05) is 13.2 Å². The largest absolute Gasteiger partial charge is 0.492 e. The van der Waals surface area contributed by atoms with E-state index < -0.39 is 10.0 Å². The van der Waals surface area contributed by atoms with E-state index in [4.69, 9.17) is 4.74 Å². The van der Waals surface area contributed by atoms with E-state index in [1.165, 1.54) is 17.7 Å². The summed E-state index contributed by atoms with van der Waals surface area (Å²) in [7, 11) is -3.62. The molecule has 0 unspecified atom stereocenters. The normalized spacial score (nSPS) is 14.4. The van der Waals surface area contributed by atoms with Gasteiger partial charge in [0.15, 0.2) is 0 Å². The lowest BCUT2D eigenvalue weighted by Crippen LogP contribution is -2.29. The molecule has 0 heterocycles. The molecule has 1 aliphatic carbocycles. The Morgan fingerprint density at radius 2 is 1.80 bits per heavy atom. The topological polar surface area (TPSA) is 84.5 Å². The van der Waals surface area contributed by atoms with Crippen molar-refractivity contribution in [1.82, 2.24) is 10.0 Å². The molecule has 1 saturated carbocycles. The van der Waals surface area contributed by atoms with Gasteiger partial charge < -0.3 is 10.1 Å². The van der Waals surface area contributed by atoms with Crippen molar-refractivity contribution >= 4 is 31.9 Å². The summed E-state index contributed by atoms with van der Waals surface area (Å²) in [5.74, 6) is 0.370. The lowest BCUT2D eigenvalue weighted by atomic mass is 9.87. The van der Waals surface area contributed by atoms with Crippen molar-refractivity contribution in [2.24, 2.45) is 0 Å². The quantitative estimate of drug-likeness (QED) is 0.543. The van der Waals surface area contributed by atoms with E-state index >= 15 is 0 Å². The van der Waals surface area contributed by atoms with Gasteiger partial charge in [0.2, 0.25) is 10.0 Å². The number of amides is 1. The molecule has 0 aromatic heterocycles. The molecule has 0 atom stereocenters. The van der Waals surface area contributed by atoms with Gasteiger partial charge in [-0.15, -0.1) is 0 Å². The molecule has 0 spiro atoms. The zero-order chi connectivity index (χ0) is 21.9. The number of hydrogen-bond donors (Lipinski definition) is 2. The maximum absolute atomic E-state index is 12.5. The summed E-state index contributed by atoms with van der Waals surface area (Å²) in [5.41, 5.74) is 1.57. The predicted octanol–water partition coefficient (Wildman–Crippen LogP) is 4.00. The highest BCUT2D eigenvalue weighted by Gasteiger charge is 2.28. The highest BCUT2D eigenvalue weighted by atomic mass is 79.9. The SMILES string of the molecule is CC(C)(C)c1ccc(OCCNC(=O)c2cc(S(=O)(=O)NC3CC3)ccc2Br)cc1. The number of sulfonamides is 1. The lowest BCUT2D eigenvalue weighted by Gasteiger charge is -2.19. The minimum Gasteiger partial charge on any atom is -0.492 e. The van der Waals surface area contributed by atoms with Crippen LogP contribution in [-0.2, 0) is 15.4 Å². The van der Waals surface area contributed by atoms with Gasteiger partial charge in [-0.25, -0.2) is 13.1 Å². The Balaban J connectivity index is 1.55. The summed E-state index contributed by atoms with van der Waals surface area (Å²) in [5, 5.41) is 2.77. The third-order valence-electron chi connectivity index (χ3n) is 4.77. The molecule has 0 bridgehead atoms. The van der Waals surface area contributed by atoms with Crippen LogP contribution in [0, 0.1) is 0 Å². The summed E-state index contributed by atoms with van der Waals surface area (Å²) < 4.78 is 33.6. The Labute approximate surface area is 186 Å². The van der Waals surface area contributed by atoms with Crippen molar-refractivity contribution in [3.8, 4) is 5.75 Å². The summed E-state index contributed by atoms with van der Waals surface area (Å²) in [6.45, 7) is 7.05. The first-order chi connectivity index (χ1) is 14.1. The molecule has 0 radical (unpaired) electrons. The summed E-state index contributed by atoms with van der Waals surface area (Å²) in [4.78, 5) is 12.6. The Kier molecular flexibility index (Phi) is 6.89. The zero-order valence-electron chi connectivity index (χ0n) is 17.4. The van der Waals surface area contributed by atoms with Gasteiger partial charge in [0.25, 0.3) is 5.91 Å². The van der Waals surface area contributed by atoms with E-state index in [0.29, 0.717) is 17.6 Å². The molecule has 3 rings (SSSR count). The maximum Gasteiger partial charge on any atom is 0.252 e. The highest BCUT2D eigenvalue weighted by molar-refractivity contribution is 9.10. The molecule has 6 nitrogen and oxygen atoms in total. The van der Waals surface area contributed by atoms with Crippen LogP contribution in [0.4, 0.5) is 0 Å². The van der Waals surface area contributed by atoms with Gasteiger partial charge in [0.1, 0.15) is 12.4 Å². The number of rotatable bonds is 8. The van der Waals surface area contributed by atoms with E-state index in [0.717, 1.165) is 18.6 Å². The second kappa shape index (κ2) is 9.08. The molecule has 1 amide bonds.